The number of fused-ring (bicyclic) bond motifs is 1. The van der Waals surface area contributed by atoms with Crippen LogP contribution in [0.15, 0.2) is 12.3 Å². The molecule has 4 unspecified atom stereocenters. The molecule has 1 aliphatic heterocycles. The maximum absolute atomic E-state index is 12.1. The Labute approximate surface area is 136 Å². The number of aliphatic hydroxyl groups excluding tert-OH is 4. The number of esters is 1. The summed E-state index contributed by atoms with van der Waals surface area (Å²) in [6, 6.07) is -1.29. The highest BCUT2D eigenvalue weighted by molar-refractivity contribution is 5.97. The second kappa shape index (κ2) is 6.91. The number of aromatic nitrogens is 2. The van der Waals surface area contributed by atoms with Crippen molar-refractivity contribution in [2.75, 3.05) is 7.11 Å². The smallest absolute Gasteiger partial charge is 0.358 e. The Bertz CT molecular complexity index is 691. The van der Waals surface area contributed by atoms with Gasteiger partial charge in [0.25, 0.3) is 5.91 Å². The van der Waals surface area contributed by atoms with Gasteiger partial charge in [-0.1, -0.05) is 0 Å². The van der Waals surface area contributed by atoms with Crippen LogP contribution in [0.2, 0.25) is 0 Å². The summed E-state index contributed by atoms with van der Waals surface area (Å²) >= 11 is 0. The van der Waals surface area contributed by atoms with Crippen LogP contribution in [0.3, 0.4) is 0 Å². The topological polar surface area (TPSA) is 162 Å². The second-order valence-corrected chi connectivity index (χ2v) is 5.19. The molecule has 0 aromatic carbocycles. The maximum atomic E-state index is 12.1. The van der Waals surface area contributed by atoms with E-state index in [0.29, 0.717) is 6.26 Å². The summed E-state index contributed by atoms with van der Waals surface area (Å²) in [5, 5.41) is 48.5. The van der Waals surface area contributed by atoms with Gasteiger partial charge in [0.15, 0.2) is 11.4 Å². The monoisotopic (exact) mass is 339 g/mol. The van der Waals surface area contributed by atoms with Gasteiger partial charge in [0.1, 0.15) is 18.3 Å². The van der Waals surface area contributed by atoms with Crippen molar-refractivity contribution in [3.63, 3.8) is 0 Å². The number of carbonyl (C=O) groups excluding carboxylic acids is 2. The molecule has 0 saturated carbocycles. The molecule has 1 amide bonds. The minimum Gasteiger partial charge on any atom is -0.516 e. The second-order valence-electron chi connectivity index (χ2n) is 5.19. The molecule has 1 aliphatic rings. The summed E-state index contributed by atoms with van der Waals surface area (Å²) in [6.45, 7) is 1.45. The molecule has 10 heteroatoms. The van der Waals surface area contributed by atoms with Crippen LogP contribution in [-0.2, 0) is 4.74 Å². The Kier molecular flexibility index (Phi) is 5.12. The van der Waals surface area contributed by atoms with Crippen LogP contribution in [0.5, 0.6) is 0 Å². The molecule has 2 rings (SSSR count). The zero-order valence-corrected chi connectivity index (χ0v) is 12.9. The first-order chi connectivity index (χ1) is 11.3. The van der Waals surface area contributed by atoms with Crippen LogP contribution in [0, 0.1) is 6.92 Å². The van der Waals surface area contributed by atoms with Crippen LogP contribution in [-0.4, -0.2) is 67.9 Å². The van der Waals surface area contributed by atoms with E-state index in [4.69, 9.17) is 5.11 Å². The van der Waals surface area contributed by atoms with Crippen LogP contribution in [0.4, 0.5) is 0 Å². The predicted molar refractivity (Wildman–Crippen MR) is 78.1 cm³/mol. The van der Waals surface area contributed by atoms with Gasteiger partial charge in [-0.15, -0.1) is 10.2 Å². The van der Waals surface area contributed by atoms with Crippen molar-refractivity contribution < 1.29 is 34.8 Å². The summed E-state index contributed by atoms with van der Waals surface area (Å²) in [7, 11) is 1.15. The normalized spacial score (nSPS) is 22.6. The predicted octanol–water partition coefficient (Wildman–Crippen LogP) is -1.49. The Balaban J connectivity index is 2.48. The molecule has 1 aromatic rings. The molecule has 0 aliphatic carbocycles. The van der Waals surface area contributed by atoms with Crippen molar-refractivity contribution in [2.24, 2.45) is 0 Å². The third kappa shape index (κ3) is 2.94. The van der Waals surface area contributed by atoms with E-state index in [9.17, 15) is 24.9 Å². The lowest BCUT2D eigenvalue weighted by molar-refractivity contribution is -0.0233. The van der Waals surface area contributed by atoms with Crippen molar-refractivity contribution >= 4 is 11.9 Å². The van der Waals surface area contributed by atoms with Gasteiger partial charge in [-0.05, 0) is 18.6 Å². The van der Waals surface area contributed by atoms with Crippen molar-refractivity contribution in [3.8, 4) is 0 Å². The lowest BCUT2D eigenvalue weighted by atomic mass is 9.87. The van der Waals surface area contributed by atoms with E-state index < -0.39 is 36.2 Å². The number of methoxy groups -OCH3 is 1. The molecule has 1 aromatic heterocycles. The molecular formula is C14H17N3O7. The number of nitrogens with zero attached hydrogens (tertiary/aromatic N) is 2. The summed E-state index contributed by atoms with van der Waals surface area (Å²) in [5.74, 6) is -1.52. The van der Waals surface area contributed by atoms with Crippen molar-refractivity contribution in [3.05, 3.63) is 34.9 Å². The van der Waals surface area contributed by atoms with E-state index in [0.717, 1.165) is 13.2 Å². The van der Waals surface area contributed by atoms with Gasteiger partial charge in [0.2, 0.25) is 0 Å². The van der Waals surface area contributed by atoms with E-state index in [-0.39, 0.29) is 22.5 Å². The van der Waals surface area contributed by atoms with Crippen molar-refractivity contribution in [1.29, 1.82) is 0 Å². The van der Waals surface area contributed by atoms with Gasteiger partial charge in [0, 0.05) is 5.56 Å². The van der Waals surface area contributed by atoms with Gasteiger partial charge in [0.05, 0.1) is 19.4 Å². The minimum absolute atomic E-state index is 0.0124. The Morgan fingerprint density at radius 3 is 2.62 bits per heavy atom. The van der Waals surface area contributed by atoms with Crippen molar-refractivity contribution in [2.45, 2.75) is 31.3 Å². The highest BCUT2D eigenvalue weighted by Gasteiger charge is 2.41. The van der Waals surface area contributed by atoms with Gasteiger partial charge in [-0.2, -0.15) is 0 Å². The number of hydrogen-bond acceptors (Lipinski definition) is 9. The lowest BCUT2D eigenvalue weighted by Gasteiger charge is -2.35. The van der Waals surface area contributed by atoms with Crippen LogP contribution in [0.25, 0.3) is 0 Å². The number of hydrogen-bond donors (Lipinski definition) is 5. The van der Waals surface area contributed by atoms with Crippen LogP contribution >= 0.6 is 0 Å². The first kappa shape index (κ1) is 17.8. The Morgan fingerprint density at radius 2 is 2.04 bits per heavy atom. The molecule has 0 spiro atoms. The molecule has 5 N–H and O–H groups in total. The van der Waals surface area contributed by atoms with Gasteiger partial charge >= 0.3 is 5.97 Å². The number of amides is 1. The Morgan fingerprint density at radius 1 is 1.38 bits per heavy atom. The molecule has 24 heavy (non-hydrogen) atoms. The fourth-order valence-corrected chi connectivity index (χ4v) is 2.52. The fourth-order valence-electron chi connectivity index (χ4n) is 2.52. The molecule has 2 heterocycles. The highest BCUT2D eigenvalue weighted by Crippen LogP contribution is 2.31. The summed E-state index contributed by atoms with van der Waals surface area (Å²) < 4.78 is 4.56. The molecule has 0 bridgehead atoms. The zero-order valence-electron chi connectivity index (χ0n) is 12.9. The summed E-state index contributed by atoms with van der Waals surface area (Å²) in [6.07, 6.45) is -3.20. The minimum atomic E-state index is -1.62. The van der Waals surface area contributed by atoms with Crippen LogP contribution in [0.1, 0.15) is 38.2 Å². The van der Waals surface area contributed by atoms with Gasteiger partial charge in [-0.3, -0.25) is 4.79 Å². The quantitative estimate of drug-likeness (QED) is 0.325. The molecule has 10 nitrogen and oxygen atoms in total. The van der Waals surface area contributed by atoms with Gasteiger partial charge in [-0.25, -0.2) is 4.79 Å². The number of rotatable bonds is 4. The molecular weight excluding hydrogens is 322 g/mol. The molecule has 0 saturated heterocycles. The summed E-state index contributed by atoms with van der Waals surface area (Å²) in [5.41, 5.74) is -0.172. The SMILES string of the molecule is COC(=O)c1nnc2c(c1C)C(O)C(C(O)C(O)C=CO)NC2=O. The number of carbonyl (C=O) groups is 2. The third-order valence-corrected chi connectivity index (χ3v) is 3.79. The fraction of sp³-hybridized carbons (Fsp3) is 0.429. The van der Waals surface area contributed by atoms with E-state index in [1.54, 1.807) is 0 Å². The lowest BCUT2D eigenvalue weighted by Crippen LogP contribution is -2.55. The van der Waals surface area contributed by atoms with E-state index in [1.807, 2.05) is 0 Å². The molecule has 4 atom stereocenters. The largest absolute Gasteiger partial charge is 0.516 e. The van der Waals surface area contributed by atoms with E-state index >= 15 is 0 Å². The third-order valence-electron chi connectivity index (χ3n) is 3.79. The number of aliphatic hydroxyl groups is 4. The first-order valence-electron chi connectivity index (χ1n) is 6.94. The highest BCUT2D eigenvalue weighted by atomic mass is 16.5. The standard InChI is InChI=1S/C14H17N3O7/c1-5-7-9(17-16-8(5)14(23)24-2)13(22)15-10(12(7)21)11(20)6(19)3-4-18/h3-4,6,10-12,18-21H,1-2H3,(H,15,22). The average molecular weight is 339 g/mol. The average Bonchev–Trinajstić information content (AvgIpc) is 2.56. The number of nitrogens with one attached hydrogen (secondary N) is 1. The van der Waals surface area contributed by atoms with Gasteiger partial charge < -0.3 is 30.5 Å². The number of ether oxygens (including phenoxy) is 1. The van der Waals surface area contributed by atoms with E-state index in [1.165, 1.54) is 6.92 Å². The maximum Gasteiger partial charge on any atom is 0.358 e. The van der Waals surface area contributed by atoms with Crippen molar-refractivity contribution in [1.82, 2.24) is 15.5 Å². The molecule has 0 radical (unpaired) electrons. The zero-order chi connectivity index (χ0) is 18.0. The molecule has 0 fully saturated rings. The molecule has 130 valence electrons. The Hall–Kier alpha value is -2.56. The first-order valence-corrected chi connectivity index (χ1v) is 6.94. The van der Waals surface area contributed by atoms with E-state index in [2.05, 4.69) is 20.3 Å². The van der Waals surface area contributed by atoms with Crippen LogP contribution < -0.4 is 5.32 Å². The summed E-state index contributed by atoms with van der Waals surface area (Å²) in [4.78, 5) is 23.8.